The third-order valence-corrected chi connectivity index (χ3v) is 3.70. The number of hydrogen-bond donors (Lipinski definition) is 0. The van der Waals surface area contributed by atoms with Crippen LogP contribution in [-0.4, -0.2) is 17.6 Å². The normalized spacial score (nSPS) is 14.6. The molecule has 1 aliphatic carbocycles. The molecule has 0 aliphatic heterocycles. The number of fused-ring (bicyclic) bond motifs is 1. The Kier molecular flexibility index (Phi) is 2.90. The predicted octanol–water partition coefficient (Wildman–Crippen LogP) is 3.48. The van der Waals surface area contributed by atoms with Crippen molar-refractivity contribution in [2.24, 2.45) is 5.92 Å². The van der Waals surface area contributed by atoms with Crippen molar-refractivity contribution in [3.05, 3.63) is 42.1 Å². The standard InChI is InChI=1S/C16H17NO2/c1-3-11-6-7-13-9-15(16(18)19-2)17(14(13)8-11)10-12-4-5-12/h3,6-9,12H,1,4-5,10H2,2H3. The Morgan fingerprint density at radius 1 is 1.47 bits per heavy atom. The number of carbonyl (C=O) groups is 1. The number of methoxy groups -OCH3 is 1. The molecule has 2 aromatic rings. The van der Waals surface area contributed by atoms with Crippen LogP contribution in [0.2, 0.25) is 0 Å². The molecule has 0 atom stereocenters. The van der Waals surface area contributed by atoms with E-state index in [2.05, 4.69) is 17.2 Å². The highest BCUT2D eigenvalue weighted by molar-refractivity contribution is 5.96. The molecular weight excluding hydrogens is 238 g/mol. The predicted molar refractivity (Wildman–Crippen MR) is 76.1 cm³/mol. The Morgan fingerprint density at radius 3 is 2.89 bits per heavy atom. The van der Waals surface area contributed by atoms with Crippen molar-refractivity contribution < 1.29 is 9.53 Å². The maximum Gasteiger partial charge on any atom is 0.354 e. The SMILES string of the molecule is C=Cc1ccc2cc(C(=O)OC)n(CC3CC3)c2c1. The van der Waals surface area contributed by atoms with Crippen LogP contribution >= 0.6 is 0 Å². The monoisotopic (exact) mass is 255 g/mol. The molecule has 0 saturated heterocycles. The van der Waals surface area contributed by atoms with E-state index in [4.69, 9.17) is 4.74 Å². The van der Waals surface area contributed by atoms with Gasteiger partial charge < -0.3 is 9.30 Å². The van der Waals surface area contributed by atoms with Gasteiger partial charge >= 0.3 is 5.97 Å². The zero-order valence-corrected chi connectivity index (χ0v) is 11.1. The van der Waals surface area contributed by atoms with Crippen LogP contribution in [0.1, 0.15) is 28.9 Å². The smallest absolute Gasteiger partial charge is 0.354 e. The molecule has 0 unspecified atom stereocenters. The maximum absolute atomic E-state index is 11.9. The molecular formula is C16H17NO2. The second-order valence-electron chi connectivity index (χ2n) is 5.10. The fourth-order valence-electron chi connectivity index (χ4n) is 2.43. The molecule has 3 heteroatoms. The number of carbonyl (C=O) groups excluding carboxylic acids is 1. The van der Waals surface area contributed by atoms with Gasteiger partial charge in [-0.15, -0.1) is 0 Å². The quantitative estimate of drug-likeness (QED) is 0.783. The number of esters is 1. The summed E-state index contributed by atoms with van der Waals surface area (Å²) in [5.74, 6) is 0.434. The van der Waals surface area contributed by atoms with Crippen LogP contribution in [0.5, 0.6) is 0 Å². The molecule has 0 radical (unpaired) electrons. The number of ether oxygens (including phenoxy) is 1. The lowest BCUT2D eigenvalue weighted by Gasteiger charge is -2.09. The second kappa shape index (κ2) is 4.57. The summed E-state index contributed by atoms with van der Waals surface area (Å²) in [5.41, 5.74) is 2.80. The molecule has 98 valence electrons. The Morgan fingerprint density at radius 2 is 2.26 bits per heavy atom. The van der Waals surface area contributed by atoms with Crippen LogP contribution in [0, 0.1) is 5.92 Å². The van der Waals surface area contributed by atoms with Crippen molar-refractivity contribution in [3.8, 4) is 0 Å². The van der Waals surface area contributed by atoms with Crippen LogP contribution in [0.4, 0.5) is 0 Å². The van der Waals surface area contributed by atoms with Gasteiger partial charge in [-0.2, -0.15) is 0 Å². The van der Waals surface area contributed by atoms with E-state index in [0.29, 0.717) is 11.6 Å². The number of aromatic nitrogens is 1. The van der Waals surface area contributed by atoms with Gasteiger partial charge in [0, 0.05) is 17.4 Å². The molecule has 1 aromatic heterocycles. The first kappa shape index (κ1) is 12.0. The third kappa shape index (κ3) is 2.16. The fourth-order valence-corrected chi connectivity index (χ4v) is 2.43. The Labute approximate surface area is 112 Å². The molecule has 1 heterocycles. The van der Waals surface area contributed by atoms with E-state index in [9.17, 15) is 4.79 Å². The number of benzene rings is 1. The van der Waals surface area contributed by atoms with Crippen LogP contribution < -0.4 is 0 Å². The van der Waals surface area contributed by atoms with Gasteiger partial charge in [0.05, 0.1) is 7.11 Å². The van der Waals surface area contributed by atoms with Gasteiger partial charge in [0.15, 0.2) is 0 Å². The van der Waals surface area contributed by atoms with Crippen molar-refractivity contribution in [2.75, 3.05) is 7.11 Å². The summed E-state index contributed by atoms with van der Waals surface area (Å²) in [4.78, 5) is 11.9. The molecule has 3 rings (SSSR count). The zero-order chi connectivity index (χ0) is 13.4. The molecule has 3 nitrogen and oxygen atoms in total. The highest BCUT2D eigenvalue weighted by atomic mass is 16.5. The second-order valence-corrected chi connectivity index (χ2v) is 5.10. The number of rotatable bonds is 4. The van der Waals surface area contributed by atoms with E-state index in [1.54, 1.807) is 0 Å². The average Bonchev–Trinajstić information content (AvgIpc) is 3.19. The summed E-state index contributed by atoms with van der Waals surface area (Å²) in [6, 6.07) is 8.04. The van der Waals surface area contributed by atoms with Gasteiger partial charge in [-0.25, -0.2) is 4.79 Å². The molecule has 1 saturated carbocycles. The van der Waals surface area contributed by atoms with E-state index in [0.717, 1.165) is 23.0 Å². The zero-order valence-electron chi connectivity index (χ0n) is 11.1. The van der Waals surface area contributed by atoms with Crippen LogP contribution in [0.3, 0.4) is 0 Å². The minimum Gasteiger partial charge on any atom is -0.464 e. The minimum absolute atomic E-state index is 0.267. The third-order valence-electron chi connectivity index (χ3n) is 3.70. The molecule has 1 aromatic carbocycles. The first-order valence-electron chi connectivity index (χ1n) is 6.57. The van der Waals surface area contributed by atoms with Gasteiger partial charge in [-0.3, -0.25) is 0 Å². The van der Waals surface area contributed by atoms with Crippen LogP contribution in [0.15, 0.2) is 30.8 Å². The lowest BCUT2D eigenvalue weighted by molar-refractivity contribution is 0.0588. The first-order valence-corrected chi connectivity index (χ1v) is 6.57. The lowest BCUT2D eigenvalue weighted by atomic mass is 10.1. The van der Waals surface area contributed by atoms with E-state index in [-0.39, 0.29) is 5.97 Å². The average molecular weight is 255 g/mol. The number of nitrogens with zero attached hydrogens (tertiary/aromatic N) is 1. The van der Waals surface area contributed by atoms with Crippen LogP contribution in [0.25, 0.3) is 17.0 Å². The van der Waals surface area contributed by atoms with Crippen molar-refractivity contribution >= 4 is 22.9 Å². The van der Waals surface area contributed by atoms with E-state index in [1.165, 1.54) is 20.0 Å². The minimum atomic E-state index is -0.267. The largest absolute Gasteiger partial charge is 0.464 e. The number of hydrogen-bond acceptors (Lipinski definition) is 2. The molecule has 0 N–H and O–H groups in total. The summed E-state index contributed by atoms with van der Waals surface area (Å²) < 4.78 is 6.97. The van der Waals surface area contributed by atoms with Gasteiger partial charge in [-0.1, -0.05) is 24.8 Å². The highest BCUT2D eigenvalue weighted by Crippen LogP contribution is 2.33. The maximum atomic E-state index is 11.9. The molecule has 0 bridgehead atoms. The van der Waals surface area contributed by atoms with E-state index >= 15 is 0 Å². The molecule has 1 aliphatic rings. The van der Waals surface area contributed by atoms with Gasteiger partial charge in [0.2, 0.25) is 0 Å². The van der Waals surface area contributed by atoms with Crippen molar-refractivity contribution in [2.45, 2.75) is 19.4 Å². The Bertz CT molecular complexity index is 650. The summed E-state index contributed by atoms with van der Waals surface area (Å²) in [5, 5.41) is 1.08. The highest BCUT2D eigenvalue weighted by Gasteiger charge is 2.25. The molecule has 19 heavy (non-hydrogen) atoms. The first-order chi connectivity index (χ1) is 9.22. The van der Waals surface area contributed by atoms with Crippen LogP contribution in [-0.2, 0) is 11.3 Å². The van der Waals surface area contributed by atoms with Gasteiger partial charge in [0.25, 0.3) is 0 Å². The van der Waals surface area contributed by atoms with Gasteiger partial charge in [0.1, 0.15) is 5.69 Å². The van der Waals surface area contributed by atoms with Crippen molar-refractivity contribution in [1.82, 2.24) is 4.57 Å². The van der Waals surface area contributed by atoms with E-state index < -0.39 is 0 Å². The van der Waals surface area contributed by atoms with Gasteiger partial charge in [-0.05, 0) is 36.5 Å². The fraction of sp³-hybridized carbons (Fsp3) is 0.312. The van der Waals surface area contributed by atoms with E-state index in [1.807, 2.05) is 24.3 Å². The Balaban J connectivity index is 2.17. The summed E-state index contributed by atoms with van der Waals surface area (Å²) in [6.45, 7) is 4.70. The summed E-state index contributed by atoms with van der Waals surface area (Å²) in [6.07, 6.45) is 4.33. The summed E-state index contributed by atoms with van der Waals surface area (Å²) in [7, 11) is 1.43. The Hall–Kier alpha value is -2.03. The molecule has 1 fully saturated rings. The summed E-state index contributed by atoms with van der Waals surface area (Å²) >= 11 is 0. The molecule has 0 spiro atoms. The lowest BCUT2D eigenvalue weighted by Crippen LogP contribution is -2.11. The molecule has 0 amide bonds. The van der Waals surface area contributed by atoms with Crippen molar-refractivity contribution in [3.63, 3.8) is 0 Å². The topological polar surface area (TPSA) is 31.2 Å². The van der Waals surface area contributed by atoms with Crippen molar-refractivity contribution in [1.29, 1.82) is 0 Å².